The van der Waals surface area contributed by atoms with Gasteiger partial charge in [0.1, 0.15) is 5.82 Å². The van der Waals surface area contributed by atoms with Gasteiger partial charge in [0.25, 0.3) is 5.78 Å². The number of nitrogens with one attached hydrogen (secondary N) is 1. The molecule has 2 aromatic carbocycles. The molecule has 0 bridgehead atoms. The summed E-state index contributed by atoms with van der Waals surface area (Å²) in [5.41, 5.74) is 5.01. The molecule has 1 N–H and O–H groups in total. The number of rotatable bonds is 3. The van der Waals surface area contributed by atoms with Gasteiger partial charge in [0.2, 0.25) is 0 Å². The molecule has 0 saturated heterocycles. The fourth-order valence-electron chi connectivity index (χ4n) is 4.65. The Bertz CT molecular complexity index is 1240. The van der Waals surface area contributed by atoms with Crippen LogP contribution in [-0.4, -0.2) is 42.9 Å². The lowest BCUT2D eigenvalue weighted by molar-refractivity contribution is 0.0768. The number of anilines is 1. The molecule has 0 atom stereocenters. The normalized spacial score (nSPS) is 16.2. The van der Waals surface area contributed by atoms with Crippen molar-refractivity contribution in [1.82, 2.24) is 9.88 Å². The van der Waals surface area contributed by atoms with Crippen molar-refractivity contribution >= 4 is 33.9 Å². The molecule has 0 amide bonds. The number of hydrogen-bond donors (Lipinski definition) is 1. The van der Waals surface area contributed by atoms with Crippen molar-refractivity contribution in [3.63, 3.8) is 0 Å². The summed E-state index contributed by atoms with van der Waals surface area (Å²) in [5, 5.41) is 3.91. The number of nitrogens with zero attached hydrogens (tertiary/aromatic N) is 2. The summed E-state index contributed by atoms with van der Waals surface area (Å²) in [6.45, 7) is 2.54. The first-order valence-corrected chi connectivity index (χ1v) is 10.7. The molecule has 31 heavy (non-hydrogen) atoms. The van der Waals surface area contributed by atoms with Gasteiger partial charge in [-0.1, -0.05) is 6.08 Å². The second-order valence-corrected chi connectivity index (χ2v) is 8.26. The number of carbonyl (C=O) groups excluding carboxylic acids is 2. The molecule has 5 nitrogen and oxygen atoms in total. The number of benzene rings is 2. The zero-order chi connectivity index (χ0) is 21.5. The number of halogens is 1. The van der Waals surface area contributed by atoms with Gasteiger partial charge in [-0.3, -0.25) is 14.2 Å². The lowest BCUT2D eigenvalue weighted by Crippen LogP contribution is -2.26. The molecular formula is C25H24FN3O2. The molecule has 0 saturated carbocycles. The van der Waals surface area contributed by atoms with Crippen LogP contribution in [0.25, 0.3) is 16.5 Å². The van der Waals surface area contributed by atoms with Crippen LogP contribution in [-0.2, 0) is 6.42 Å². The fraction of sp³-hybridized carbons (Fsp3) is 0.280. The molecule has 158 valence electrons. The Labute approximate surface area is 180 Å². The summed E-state index contributed by atoms with van der Waals surface area (Å²) in [4.78, 5) is 28.5. The van der Waals surface area contributed by atoms with Crippen molar-refractivity contribution < 1.29 is 14.0 Å². The molecule has 0 aliphatic carbocycles. The van der Waals surface area contributed by atoms with Gasteiger partial charge in [-0.15, -0.1) is 0 Å². The monoisotopic (exact) mass is 417 g/mol. The largest absolute Gasteiger partial charge is 0.374 e. The van der Waals surface area contributed by atoms with E-state index in [2.05, 4.69) is 16.3 Å². The van der Waals surface area contributed by atoms with Crippen LogP contribution in [0.2, 0.25) is 0 Å². The van der Waals surface area contributed by atoms with E-state index in [1.165, 1.54) is 16.7 Å². The third-order valence-corrected chi connectivity index (χ3v) is 6.28. The minimum Gasteiger partial charge on any atom is -0.374 e. The van der Waals surface area contributed by atoms with E-state index in [1.807, 2.05) is 19.2 Å². The van der Waals surface area contributed by atoms with E-state index in [0.29, 0.717) is 16.5 Å². The average molecular weight is 417 g/mol. The molecule has 0 radical (unpaired) electrons. The molecule has 2 aliphatic rings. The van der Waals surface area contributed by atoms with Gasteiger partial charge in [0.05, 0.1) is 5.52 Å². The lowest BCUT2D eigenvalue weighted by atomic mass is 9.98. The van der Waals surface area contributed by atoms with Gasteiger partial charge < -0.3 is 10.2 Å². The molecule has 6 heteroatoms. The van der Waals surface area contributed by atoms with Crippen LogP contribution in [0.3, 0.4) is 0 Å². The van der Waals surface area contributed by atoms with E-state index in [9.17, 15) is 14.0 Å². The Balaban J connectivity index is 1.55. The molecule has 0 unspecified atom stereocenters. The first-order valence-electron chi connectivity index (χ1n) is 10.7. The van der Waals surface area contributed by atoms with Crippen molar-refractivity contribution in [3.8, 4) is 0 Å². The summed E-state index contributed by atoms with van der Waals surface area (Å²) >= 11 is 0. The van der Waals surface area contributed by atoms with E-state index in [-0.39, 0.29) is 5.82 Å². The first kappa shape index (κ1) is 19.7. The Kier molecular flexibility index (Phi) is 4.94. The highest BCUT2D eigenvalue weighted by Crippen LogP contribution is 2.31. The molecule has 0 spiro atoms. The van der Waals surface area contributed by atoms with E-state index < -0.39 is 11.7 Å². The molecule has 2 aliphatic heterocycles. The second-order valence-electron chi connectivity index (χ2n) is 8.26. The minimum atomic E-state index is -0.624. The first-order chi connectivity index (χ1) is 15.0. The highest BCUT2D eigenvalue weighted by molar-refractivity contribution is 6.44. The second kappa shape index (κ2) is 7.78. The summed E-state index contributed by atoms with van der Waals surface area (Å²) in [5.74, 6) is -1.54. The summed E-state index contributed by atoms with van der Waals surface area (Å²) < 4.78 is 15.4. The SMILES string of the molecule is CN1CCCc2cc(C(=O)C(=O)n3cc(C4=CCNCC4)c4cc(F)ccc43)ccc21. The van der Waals surface area contributed by atoms with Gasteiger partial charge in [-0.2, -0.15) is 0 Å². The highest BCUT2D eigenvalue weighted by Gasteiger charge is 2.25. The van der Waals surface area contributed by atoms with Crippen LogP contribution >= 0.6 is 0 Å². The highest BCUT2D eigenvalue weighted by atomic mass is 19.1. The Hall–Kier alpha value is -3.25. The molecule has 3 heterocycles. The number of ketones is 1. The Morgan fingerprint density at radius 2 is 1.97 bits per heavy atom. The summed E-state index contributed by atoms with van der Waals surface area (Å²) in [7, 11) is 2.03. The van der Waals surface area contributed by atoms with Crippen molar-refractivity contribution in [2.75, 3.05) is 31.6 Å². The fourth-order valence-corrected chi connectivity index (χ4v) is 4.65. The zero-order valence-corrected chi connectivity index (χ0v) is 17.5. The van der Waals surface area contributed by atoms with Crippen molar-refractivity contribution in [2.24, 2.45) is 0 Å². The van der Waals surface area contributed by atoms with Gasteiger partial charge in [-0.05, 0) is 73.3 Å². The van der Waals surface area contributed by atoms with Crippen LogP contribution < -0.4 is 10.2 Å². The third kappa shape index (κ3) is 3.47. The van der Waals surface area contributed by atoms with E-state index in [0.717, 1.165) is 61.3 Å². The number of aromatic nitrogens is 1. The lowest BCUT2D eigenvalue weighted by Gasteiger charge is -2.27. The van der Waals surface area contributed by atoms with Gasteiger partial charge in [-0.25, -0.2) is 4.39 Å². The number of carbonyl (C=O) groups is 2. The predicted molar refractivity (Wildman–Crippen MR) is 120 cm³/mol. The molecule has 5 rings (SSSR count). The summed E-state index contributed by atoms with van der Waals surface area (Å²) in [6, 6.07) is 9.82. The molecular weight excluding hydrogens is 393 g/mol. The Morgan fingerprint density at radius 3 is 2.77 bits per heavy atom. The predicted octanol–water partition coefficient (Wildman–Crippen LogP) is 4.06. The van der Waals surface area contributed by atoms with E-state index >= 15 is 0 Å². The number of hydrogen-bond acceptors (Lipinski definition) is 4. The van der Waals surface area contributed by atoms with Gasteiger partial charge in [0, 0.05) is 48.5 Å². The number of fused-ring (bicyclic) bond motifs is 2. The molecule has 1 aromatic heterocycles. The zero-order valence-electron chi connectivity index (χ0n) is 17.5. The maximum Gasteiger partial charge on any atom is 0.303 e. The van der Waals surface area contributed by atoms with Crippen molar-refractivity contribution in [2.45, 2.75) is 19.3 Å². The van der Waals surface area contributed by atoms with Gasteiger partial charge in [0.15, 0.2) is 0 Å². The number of aryl methyl sites for hydroxylation is 1. The van der Waals surface area contributed by atoms with Crippen LogP contribution in [0.15, 0.2) is 48.7 Å². The average Bonchev–Trinajstić information content (AvgIpc) is 3.17. The van der Waals surface area contributed by atoms with E-state index in [4.69, 9.17) is 0 Å². The summed E-state index contributed by atoms with van der Waals surface area (Å²) in [6.07, 6.45) is 6.45. The molecule has 0 fully saturated rings. The maximum absolute atomic E-state index is 14.0. The molecule has 3 aromatic rings. The van der Waals surface area contributed by atoms with E-state index in [1.54, 1.807) is 18.3 Å². The van der Waals surface area contributed by atoms with Gasteiger partial charge >= 0.3 is 5.91 Å². The topological polar surface area (TPSA) is 54.3 Å². The van der Waals surface area contributed by atoms with Crippen LogP contribution in [0, 0.1) is 5.82 Å². The van der Waals surface area contributed by atoms with Crippen LogP contribution in [0.4, 0.5) is 10.1 Å². The van der Waals surface area contributed by atoms with Crippen molar-refractivity contribution in [3.05, 3.63) is 71.2 Å². The van der Waals surface area contributed by atoms with Crippen LogP contribution in [0.1, 0.15) is 39.1 Å². The Morgan fingerprint density at radius 1 is 1.10 bits per heavy atom. The smallest absolute Gasteiger partial charge is 0.303 e. The number of Topliss-reactive ketones (excluding diaryl/α,β-unsaturated/α-hetero) is 1. The third-order valence-electron chi connectivity index (χ3n) is 6.28. The standard InChI is InChI=1S/C25H24FN3O2/c1-28-12-2-3-17-13-18(4-6-22(17)28)24(30)25(31)29-15-21(16-8-10-27-11-9-16)20-14-19(26)5-7-23(20)29/h4-8,13-15,27H,2-3,9-12H2,1H3. The van der Waals surface area contributed by atoms with Crippen LogP contribution in [0.5, 0.6) is 0 Å². The maximum atomic E-state index is 14.0. The van der Waals surface area contributed by atoms with Crippen molar-refractivity contribution in [1.29, 1.82) is 0 Å². The quantitative estimate of drug-likeness (QED) is 0.516. The minimum absolute atomic E-state index is 0.362.